The van der Waals surface area contributed by atoms with E-state index in [4.69, 9.17) is 5.73 Å². The molecule has 3 aromatic rings. The average Bonchev–Trinajstić information content (AvgIpc) is 2.48. The summed E-state index contributed by atoms with van der Waals surface area (Å²) >= 11 is 0. The van der Waals surface area contributed by atoms with E-state index >= 15 is 0 Å². The summed E-state index contributed by atoms with van der Waals surface area (Å²) in [6.07, 6.45) is 2.69. The van der Waals surface area contributed by atoms with Gasteiger partial charge in [-0.1, -0.05) is 42.5 Å². The number of rotatable bonds is 3. The van der Waals surface area contributed by atoms with Gasteiger partial charge in [0, 0.05) is 17.6 Å². The number of pyridine rings is 1. The predicted octanol–water partition coefficient (Wildman–Crippen LogP) is 3.79. The molecule has 1 atom stereocenters. The third-order valence-corrected chi connectivity index (χ3v) is 3.77. The van der Waals surface area contributed by atoms with Crippen LogP contribution < -0.4 is 5.73 Å². The number of nitrogens with two attached hydrogens (primary N) is 1. The molecule has 0 fully saturated rings. The Hall–Kier alpha value is -2.19. The number of nitrogens with zero attached hydrogens (tertiary/aromatic N) is 1. The molecule has 100 valence electrons. The topological polar surface area (TPSA) is 38.9 Å². The number of hydrogen-bond donors (Lipinski definition) is 1. The van der Waals surface area contributed by atoms with Crippen LogP contribution in [0.25, 0.3) is 10.9 Å². The van der Waals surface area contributed by atoms with Crippen molar-refractivity contribution in [3.8, 4) is 0 Å². The van der Waals surface area contributed by atoms with Gasteiger partial charge in [-0.3, -0.25) is 4.98 Å². The smallest absolute Gasteiger partial charge is 0.0704 e. The Balaban J connectivity index is 1.96. The fourth-order valence-corrected chi connectivity index (χ4v) is 2.68. The highest BCUT2D eigenvalue weighted by Gasteiger charge is 2.11. The SMILES string of the molecule is Cc1ccccc1C(N)Cc1ccnc2ccccc12. The first-order valence-corrected chi connectivity index (χ1v) is 6.89. The third-order valence-electron chi connectivity index (χ3n) is 3.77. The molecule has 0 saturated heterocycles. The van der Waals surface area contributed by atoms with E-state index in [0.29, 0.717) is 0 Å². The summed E-state index contributed by atoms with van der Waals surface area (Å²) in [7, 11) is 0. The van der Waals surface area contributed by atoms with Crippen molar-refractivity contribution in [3.05, 3.63) is 77.5 Å². The first-order valence-electron chi connectivity index (χ1n) is 6.89. The summed E-state index contributed by atoms with van der Waals surface area (Å²) in [6, 6.07) is 18.6. The summed E-state index contributed by atoms with van der Waals surface area (Å²) in [6.45, 7) is 2.11. The molecule has 2 aromatic carbocycles. The zero-order chi connectivity index (χ0) is 13.9. The number of aryl methyl sites for hydroxylation is 1. The van der Waals surface area contributed by atoms with Crippen LogP contribution >= 0.6 is 0 Å². The Morgan fingerprint density at radius 1 is 1.00 bits per heavy atom. The maximum absolute atomic E-state index is 6.40. The van der Waals surface area contributed by atoms with Crippen LogP contribution in [0.4, 0.5) is 0 Å². The molecule has 0 saturated carbocycles. The standard InChI is InChI=1S/C18H18N2/c1-13-6-2-3-7-15(13)17(19)12-14-10-11-20-18-9-5-4-8-16(14)18/h2-11,17H,12,19H2,1H3. The summed E-state index contributed by atoms with van der Waals surface area (Å²) in [4.78, 5) is 4.40. The van der Waals surface area contributed by atoms with Gasteiger partial charge >= 0.3 is 0 Å². The molecular formula is C18H18N2. The molecule has 1 aromatic heterocycles. The van der Waals surface area contributed by atoms with Gasteiger partial charge in [0.05, 0.1) is 5.52 Å². The zero-order valence-electron chi connectivity index (χ0n) is 11.6. The molecule has 2 nitrogen and oxygen atoms in total. The van der Waals surface area contributed by atoms with Crippen molar-refractivity contribution < 1.29 is 0 Å². The Labute approximate surface area is 119 Å². The maximum atomic E-state index is 6.40. The van der Waals surface area contributed by atoms with E-state index in [1.807, 2.05) is 36.5 Å². The van der Waals surface area contributed by atoms with E-state index in [-0.39, 0.29) is 6.04 Å². The van der Waals surface area contributed by atoms with Gasteiger partial charge in [-0.25, -0.2) is 0 Å². The van der Waals surface area contributed by atoms with Crippen molar-refractivity contribution in [2.75, 3.05) is 0 Å². The van der Waals surface area contributed by atoms with E-state index in [9.17, 15) is 0 Å². The quantitative estimate of drug-likeness (QED) is 0.780. The number of hydrogen-bond acceptors (Lipinski definition) is 2. The molecule has 0 aliphatic carbocycles. The fourth-order valence-electron chi connectivity index (χ4n) is 2.68. The highest BCUT2D eigenvalue weighted by atomic mass is 14.7. The predicted molar refractivity (Wildman–Crippen MR) is 83.6 cm³/mol. The van der Waals surface area contributed by atoms with E-state index in [1.165, 1.54) is 22.1 Å². The van der Waals surface area contributed by atoms with Crippen LogP contribution in [0.2, 0.25) is 0 Å². The van der Waals surface area contributed by atoms with E-state index in [1.54, 1.807) is 0 Å². The molecule has 1 heterocycles. The van der Waals surface area contributed by atoms with Gasteiger partial charge in [0.2, 0.25) is 0 Å². The molecule has 0 radical (unpaired) electrons. The normalized spacial score (nSPS) is 12.5. The number of fused-ring (bicyclic) bond motifs is 1. The van der Waals surface area contributed by atoms with Gasteiger partial charge in [0.1, 0.15) is 0 Å². The highest BCUT2D eigenvalue weighted by molar-refractivity contribution is 5.81. The number of para-hydroxylation sites is 1. The summed E-state index contributed by atoms with van der Waals surface area (Å²) in [5.74, 6) is 0. The molecule has 0 bridgehead atoms. The van der Waals surface area contributed by atoms with Crippen molar-refractivity contribution in [2.24, 2.45) is 5.73 Å². The molecule has 2 heteroatoms. The molecule has 1 unspecified atom stereocenters. The van der Waals surface area contributed by atoms with E-state index in [2.05, 4.69) is 36.2 Å². The van der Waals surface area contributed by atoms with Crippen LogP contribution in [0.3, 0.4) is 0 Å². The zero-order valence-corrected chi connectivity index (χ0v) is 11.6. The number of benzene rings is 2. The Morgan fingerprint density at radius 3 is 2.60 bits per heavy atom. The van der Waals surface area contributed by atoms with Crippen molar-refractivity contribution in [3.63, 3.8) is 0 Å². The molecule has 0 spiro atoms. The lowest BCUT2D eigenvalue weighted by Gasteiger charge is -2.15. The van der Waals surface area contributed by atoms with Crippen molar-refractivity contribution in [1.29, 1.82) is 0 Å². The van der Waals surface area contributed by atoms with Gasteiger partial charge < -0.3 is 5.73 Å². The minimum Gasteiger partial charge on any atom is -0.324 e. The molecule has 0 aliphatic rings. The van der Waals surface area contributed by atoms with Crippen molar-refractivity contribution >= 4 is 10.9 Å². The van der Waals surface area contributed by atoms with Gasteiger partial charge in [-0.2, -0.15) is 0 Å². The van der Waals surface area contributed by atoms with Crippen LogP contribution in [-0.2, 0) is 6.42 Å². The first kappa shape index (κ1) is 12.8. The molecule has 0 aliphatic heterocycles. The molecule has 2 N–H and O–H groups in total. The summed E-state index contributed by atoms with van der Waals surface area (Å²) in [5.41, 5.74) is 11.1. The lowest BCUT2D eigenvalue weighted by Crippen LogP contribution is -2.14. The second-order valence-corrected chi connectivity index (χ2v) is 5.15. The first-order chi connectivity index (χ1) is 9.75. The second kappa shape index (κ2) is 5.43. The monoisotopic (exact) mass is 262 g/mol. The third kappa shape index (κ3) is 2.43. The fraction of sp³-hybridized carbons (Fsp3) is 0.167. The van der Waals surface area contributed by atoms with Gasteiger partial charge in [-0.15, -0.1) is 0 Å². The molecule has 20 heavy (non-hydrogen) atoms. The molecule has 0 amide bonds. The Morgan fingerprint density at radius 2 is 1.75 bits per heavy atom. The molecule has 3 rings (SSSR count). The number of aromatic nitrogens is 1. The minimum atomic E-state index is 0.0157. The van der Waals surface area contributed by atoms with Crippen molar-refractivity contribution in [1.82, 2.24) is 4.98 Å². The van der Waals surface area contributed by atoms with E-state index in [0.717, 1.165) is 11.9 Å². The second-order valence-electron chi connectivity index (χ2n) is 5.15. The van der Waals surface area contributed by atoms with Crippen LogP contribution in [0.1, 0.15) is 22.7 Å². The van der Waals surface area contributed by atoms with Gasteiger partial charge in [-0.05, 0) is 42.2 Å². The summed E-state index contributed by atoms with van der Waals surface area (Å²) in [5, 5.41) is 1.19. The van der Waals surface area contributed by atoms with Crippen LogP contribution in [-0.4, -0.2) is 4.98 Å². The van der Waals surface area contributed by atoms with Crippen LogP contribution in [0.5, 0.6) is 0 Å². The van der Waals surface area contributed by atoms with E-state index < -0.39 is 0 Å². The Kier molecular flexibility index (Phi) is 3.48. The Bertz CT molecular complexity index is 729. The maximum Gasteiger partial charge on any atom is 0.0704 e. The minimum absolute atomic E-state index is 0.0157. The van der Waals surface area contributed by atoms with Crippen LogP contribution in [0.15, 0.2) is 60.8 Å². The van der Waals surface area contributed by atoms with Gasteiger partial charge in [0.15, 0.2) is 0 Å². The lowest BCUT2D eigenvalue weighted by molar-refractivity contribution is 0.719. The van der Waals surface area contributed by atoms with Crippen molar-refractivity contribution in [2.45, 2.75) is 19.4 Å². The molecular weight excluding hydrogens is 244 g/mol. The van der Waals surface area contributed by atoms with Crippen LogP contribution in [0, 0.1) is 6.92 Å². The lowest BCUT2D eigenvalue weighted by atomic mass is 9.95. The summed E-state index contributed by atoms with van der Waals surface area (Å²) < 4.78 is 0. The van der Waals surface area contributed by atoms with Gasteiger partial charge in [0.25, 0.3) is 0 Å². The highest BCUT2D eigenvalue weighted by Crippen LogP contribution is 2.23. The largest absolute Gasteiger partial charge is 0.324 e. The average molecular weight is 262 g/mol.